The maximum absolute atomic E-state index is 12.1. The van der Waals surface area contributed by atoms with E-state index in [2.05, 4.69) is 31.0 Å². The van der Waals surface area contributed by atoms with Crippen LogP contribution in [-0.4, -0.2) is 17.2 Å². The van der Waals surface area contributed by atoms with Crippen LogP contribution in [0.3, 0.4) is 0 Å². The summed E-state index contributed by atoms with van der Waals surface area (Å²) in [5.74, 6) is -0.483. The van der Waals surface area contributed by atoms with Crippen molar-refractivity contribution < 1.29 is 9.59 Å². The molecule has 128 valence electrons. The number of nitrogens with two attached hydrogens (primary N) is 1. The van der Waals surface area contributed by atoms with Gasteiger partial charge in [0.05, 0.1) is 11.1 Å². The lowest BCUT2D eigenvalue weighted by Crippen LogP contribution is -2.11. The Kier molecular flexibility index (Phi) is 3.62. The highest BCUT2D eigenvalue weighted by atomic mass is 16.1. The third-order valence-electron chi connectivity index (χ3n) is 4.97. The van der Waals surface area contributed by atoms with Crippen LogP contribution in [0.1, 0.15) is 31.8 Å². The number of carbonyl (C=O) groups is 2. The zero-order valence-corrected chi connectivity index (χ0v) is 14.6. The highest BCUT2D eigenvalue weighted by molar-refractivity contribution is 6.16. The number of carbonyl (C=O) groups excluding carboxylic acids is 2. The Morgan fingerprint density at radius 2 is 1.73 bits per heavy atom. The minimum Gasteiger partial charge on any atom is -0.366 e. The van der Waals surface area contributed by atoms with E-state index in [4.69, 9.17) is 5.73 Å². The Morgan fingerprint density at radius 1 is 0.923 bits per heavy atom. The van der Waals surface area contributed by atoms with Gasteiger partial charge in [0.1, 0.15) is 6.29 Å². The molecule has 0 aliphatic rings. The van der Waals surface area contributed by atoms with Crippen LogP contribution in [-0.2, 0) is 0 Å². The van der Waals surface area contributed by atoms with Crippen molar-refractivity contribution in [3.05, 3.63) is 70.8 Å². The highest BCUT2D eigenvalue weighted by Crippen LogP contribution is 2.33. The van der Waals surface area contributed by atoms with Crippen LogP contribution < -0.4 is 5.73 Å². The predicted octanol–water partition coefficient (Wildman–Crippen LogP) is 4.52. The van der Waals surface area contributed by atoms with Crippen LogP contribution in [0.15, 0.2) is 48.5 Å². The molecule has 4 aromatic rings. The second kappa shape index (κ2) is 5.85. The first-order chi connectivity index (χ1) is 12.5. The molecule has 1 heterocycles. The van der Waals surface area contributed by atoms with Crippen LogP contribution in [0, 0.1) is 13.8 Å². The Balaban J connectivity index is 2.08. The van der Waals surface area contributed by atoms with E-state index in [0.717, 1.165) is 33.7 Å². The monoisotopic (exact) mass is 342 g/mol. The largest absolute Gasteiger partial charge is 0.366 e. The molecule has 26 heavy (non-hydrogen) atoms. The number of hydrogen-bond donors (Lipinski definition) is 2. The van der Waals surface area contributed by atoms with Crippen molar-refractivity contribution in [1.82, 2.24) is 4.98 Å². The third kappa shape index (κ3) is 2.47. The molecule has 0 radical (unpaired) electrons. The number of aromatic nitrogens is 1. The van der Waals surface area contributed by atoms with Gasteiger partial charge in [-0.1, -0.05) is 18.2 Å². The van der Waals surface area contributed by atoms with Gasteiger partial charge in [-0.05, 0) is 66.4 Å². The molecule has 3 N–H and O–H groups in total. The van der Waals surface area contributed by atoms with Crippen molar-refractivity contribution in [2.45, 2.75) is 13.8 Å². The number of fused-ring (bicyclic) bond motifs is 3. The normalized spacial score (nSPS) is 11.2. The van der Waals surface area contributed by atoms with E-state index < -0.39 is 5.91 Å². The number of amides is 1. The maximum atomic E-state index is 12.1. The summed E-state index contributed by atoms with van der Waals surface area (Å²) in [4.78, 5) is 26.5. The Hall–Kier alpha value is -3.40. The lowest BCUT2D eigenvalue weighted by Gasteiger charge is -2.08. The summed E-state index contributed by atoms with van der Waals surface area (Å²) in [5, 5.41) is 1.78. The summed E-state index contributed by atoms with van der Waals surface area (Å²) in [7, 11) is 0. The van der Waals surface area contributed by atoms with Gasteiger partial charge >= 0.3 is 0 Å². The average Bonchev–Trinajstić information content (AvgIpc) is 3.00. The summed E-state index contributed by atoms with van der Waals surface area (Å²) >= 11 is 0. The van der Waals surface area contributed by atoms with Crippen molar-refractivity contribution in [3.63, 3.8) is 0 Å². The van der Waals surface area contributed by atoms with E-state index in [1.54, 1.807) is 6.07 Å². The van der Waals surface area contributed by atoms with Gasteiger partial charge in [0, 0.05) is 21.9 Å². The standard InChI is InChI=1S/C22H18N2O2/c1-12-3-5-15(7-13(12)2)16-9-18-17-8-14(11-25)4-6-20(17)24-21(18)19(10-16)22(23)26/h3-11,24H,1-2H3,(H2,23,26). The molecule has 4 nitrogen and oxygen atoms in total. The molecule has 0 fully saturated rings. The first-order valence-electron chi connectivity index (χ1n) is 8.40. The summed E-state index contributed by atoms with van der Waals surface area (Å²) in [6.07, 6.45) is 0.820. The lowest BCUT2D eigenvalue weighted by molar-refractivity contribution is 0.100. The van der Waals surface area contributed by atoms with Gasteiger partial charge in [-0.2, -0.15) is 0 Å². The Morgan fingerprint density at radius 3 is 2.42 bits per heavy atom. The van der Waals surface area contributed by atoms with Crippen LogP contribution in [0.4, 0.5) is 0 Å². The van der Waals surface area contributed by atoms with Crippen molar-refractivity contribution in [2.75, 3.05) is 0 Å². The molecular formula is C22H18N2O2. The van der Waals surface area contributed by atoms with E-state index in [1.165, 1.54) is 11.1 Å². The topological polar surface area (TPSA) is 76.0 Å². The maximum Gasteiger partial charge on any atom is 0.250 e. The van der Waals surface area contributed by atoms with E-state index in [0.29, 0.717) is 16.6 Å². The second-order valence-corrected chi connectivity index (χ2v) is 6.66. The number of hydrogen-bond acceptors (Lipinski definition) is 2. The van der Waals surface area contributed by atoms with Gasteiger partial charge in [-0.3, -0.25) is 9.59 Å². The molecule has 0 aliphatic heterocycles. The number of aryl methyl sites for hydroxylation is 2. The van der Waals surface area contributed by atoms with Gasteiger partial charge in [-0.15, -0.1) is 0 Å². The quantitative estimate of drug-likeness (QED) is 0.537. The molecule has 0 saturated heterocycles. The summed E-state index contributed by atoms with van der Waals surface area (Å²) < 4.78 is 0. The fraction of sp³-hybridized carbons (Fsp3) is 0.0909. The van der Waals surface area contributed by atoms with Crippen LogP contribution >= 0.6 is 0 Å². The number of H-pyrrole nitrogens is 1. The molecule has 0 unspecified atom stereocenters. The molecule has 0 bridgehead atoms. The zero-order chi connectivity index (χ0) is 18.4. The van der Waals surface area contributed by atoms with Crippen molar-refractivity contribution in [1.29, 1.82) is 0 Å². The first kappa shape index (κ1) is 16.1. The van der Waals surface area contributed by atoms with Gasteiger partial charge in [0.25, 0.3) is 5.91 Å². The van der Waals surface area contributed by atoms with E-state index in [1.807, 2.05) is 30.3 Å². The van der Waals surface area contributed by atoms with Crippen LogP contribution in [0.2, 0.25) is 0 Å². The number of aldehydes is 1. The number of nitrogens with one attached hydrogen (secondary N) is 1. The van der Waals surface area contributed by atoms with Crippen molar-refractivity contribution in [3.8, 4) is 11.1 Å². The SMILES string of the molecule is Cc1ccc(-c2cc(C(N)=O)c3[nH]c4ccc(C=O)cc4c3c2)cc1C. The molecule has 4 rings (SSSR count). The lowest BCUT2D eigenvalue weighted by atomic mass is 9.96. The summed E-state index contributed by atoms with van der Waals surface area (Å²) in [6.45, 7) is 4.13. The fourth-order valence-electron chi connectivity index (χ4n) is 3.37. The first-order valence-corrected chi connectivity index (χ1v) is 8.40. The van der Waals surface area contributed by atoms with Crippen molar-refractivity contribution >= 4 is 34.0 Å². The Labute approximate surface area is 150 Å². The zero-order valence-electron chi connectivity index (χ0n) is 14.6. The van der Waals surface area contributed by atoms with E-state index in [9.17, 15) is 9.59 Å². The number of aromatic amines is 1. The minimum atomic E-state index is -0.483. The smallest absolute Gasteiger partial charge is 0.250 e. The van der Waals surface area contributed by atoms with Gasteiger partial charge in [0.2, 0.25) is 0 Å². The summed E-state index contributed by atoms with van der Waals surface area (Å²) in [6, 6.07) is 15.5. The van der Waals surface area contributed by atoms with Gasteiger partial charge in [0.15, 0.2) is 0 Å². The predicted molar refractivity (Wildman–Crippen MR) is 105 cm³/mol. The third-order valence-corrected chi connectivity index (χ3v) is 4.97. The van der Waals surface area contributed by atoms with Crippen molar-refractivity contribution in [2.24, 2.45) is 5.73 Å². The molecule has 4 heteroatoms. The van der Waals surface area contributed by atoms with Crippen LogP contribution in [0.25, 0.3) is 32.9 Å². The van der Waals surface area contributed by atoms with E-state index in [-0.39, 0.29) is 0 Å². The van der Waals surface area contributed by atoms with Gasteiger partial charge in [-0.25, -0.2) is 0 Å². The van der Waals surface area contributed by atoms with E-state index >= 15 is 0 Å². The molecule has 0 aliphatic carbocycles. The highest BCUT2D eigenvalue weighted by Gasteiger charge is 2.15. The molecule has 3 aromatic carbocycles. The molecule has 0 saturated carbocycles. The second-order valence-electron chi connectivity index (χ2n) is 6.66. The number of primary amides is 1. The van der Waals surface area contributed by atoms with Gasteiger partial charge < -0.3 is 10.7 Å². The molecule has 1 aromatic heterocycles. The average molecular weight is 342 g/mol. The van der Waals surface area contributed by atoms with Crippen LogP contribution in [0.5, 0.6) is 0 Å². The Bertz CT molecular complexity index is 1200. The number of rotatable bonds is 3. The minimum absolute atomic E-state index is 0.444. The molecular weight excluding hydrogens is 324 g/mol. The fourth-order valence-corrected chi connectivity index (χ4v) is 3.37. The molecule has 1 amide bonds. The molecule has 0 spiro atoms. The molecule has 0 atom stereocenters. The number of benzene rings is 3. The summed E-state index contributed by atoms with van der Waals surface area (Å²) in [5.41, 5.74) is 12.6.